The summed E-state index contributed by atoms with van der Waals surface area (Å²) >= 11 is 5.09. The van der Waals surface area contributed by atoms with E-state index in [1.807, 2.05) is 13.0 Å². The molecule has 0 fully saturated rings. The molecule has 0 saturated heterocycles. The van der Waals surface area contributed by atoms with Crippen LogP contribution in [0, 0.1) is 18.3 Å². The SMILES string of the molecule is Cc1ccnc(NCC(C)C(C)(C)C)c1C(N)=S. The normalized spacial score (nSPS) is 13.2. The summed E-state index contributed by atoms with van der Waals surface area (Å²) in [5, 5.41) is 3.36. The van der Waals surface area contributed by atoms with Crippen molar-refractivity contribution in [3.8, 4) is 0 Å². The van der Waals surface area contributed by atoms with Gasteiger partial charge in [0.1, 0.15) is 10.8 Å². The predicted octanol–water partition coefficient (Wildman–Crippen LogP) is 3.12. The Morgan fingerprint density at radius 2 is 2.11 bits per heavy atom. The van der Waals surface area contributed by atoms with Gasteiger partial charge in [-0.1, -0.05) is 39.9 Å². The molecule has 0 aliphatic heterocycles. The third kappa shape index (κ3) is 3.67. The van der Waals surface area contributed by atoms with Crippen LogP contribution < -0.4 is 11.1 Å². The first-order valence-corrected chi connectivity index (χ1v) is 6.63. The molecule has 3 nitrogen and oxygen atoms in total. The van der Waals surface area contributed by atoms with Gasteiger partial charge in [0.15, 0.2) is 0 Å². The molecule has 1 rings (SSSR count). The number of thiocarbonyl (C=S) groups is 1. The number of hydrogen-bond donors (Lipinski definition) is 2. The van der Waals surface area contributed by atoms with E-state index in [9.17, 15) is 0 Å². The zero-order valence-corrected chi connectivity index (χ0v) is 12.7. The second-order valence-corrected chi connectivity index (χ2v) is 6.30. The smallest absolute Gasteiger partial charge is 0.136 e. The molecule has 1 heterocycles. The van der Waals surface area contributed by atoms with Crippen LogP contribution in [-0.4, -0.2) is 16.5 Å². The van der Waals surface area contributed by atoms with Crippen molar-refractivity contribution in [2.45, 2.75) is 34.6 Å². The fourth-order valence-corrected chi connectivity index (χ4v) is 1.82. The molecular formula is C14H23N3S. The third-order valence-corrected chi connectivity index (χ3v) is 3.66. The monoisotopic (exact) mass is 265 g/mol. The molecule has 1 unspecified atom stereocenters. The molecule has 18 heavy (non-hydrogen) atoms. The zero-order valence-electron chi connectivity index (χ0n) is 11.9. The summed E-state index contributed by atoms with van der Waals surface area (Å²) in [6, 6.07) is 1.92. The molecule has 1 aromatic rings. The number of nitrogens with zero attached hydrogens (tertiary/aromatic N) is 1. The highest BCUT2D eigenvalue weighted by molar-refractivity contribution is 7.80. The van der Waals surface area contributed by atoms with Crippen molar-refractivity contribution in [1.82, 2.24) is 4.98 Å². The number of rotatable bonds is 4. The highest BCUT2D eigenvalue weighted by atomic mass is 32.1. The maximum absolute atomic E-state index is 5.76. The van der Waals surface area contributed by atoms with Gasteiger partial charge in [-0.25, -0.2) is 4.98 Å². The lowest BCUT2D eigenvalue weighted by Crippen LogP contribution is -2.26. The van der Waals surface area contributed by atoms with E-state index in [1.54, 1.807) is 6.20 Å². The van der Waals surface area contributed by atoms with Crippen LogP contribution >= 0.6 is 12.2 Å². The van der Waals surface area contributed by atoms with Gasteiger partial charge >= 0.3 is 0 Å². The van der Waals surface area contributed by atoms with E-state index < -0.39 is 0 Å². The van der Waals surface area contributed by atoms with Gasteiger partial charge in [0, 0.05) is 12.7 Å². The van der Waals surface area contributed by atoms with Crippen LogP contribution in [0.4, 0.5) is 5.82 Å². The Morgan fingerprint density at radius 3 is 2.61 bits per heavy atom. The molecule has 0 radical (unpaired) electrons. The van der Waals surface area contributed by atoms with Crippen LogP contribution in [-0.2, 0) is 0 Å². The molecule has 1 atom stereocenters. The van der Waals surface area contributed by atoms with Crippen LogP contribution in [0.1, 0.15) is 38.8 Å². The van der Waals surface area contributed by atoms with Gasteiger partial charge in [0.2, 0.25) is 0 Å². The van der Waals surface area contributed by atoms with Gasteiger partial charge in [-0.2, -0.15) is 0 Å². The Morgan fingerprint density at radius 1 is 1.50 bits per heavy atom. The number of nitrogens with one attached hydrogen (secondary N) is 1. The molecule has 0 saturated carbocycles. The van der Waals surface area contributed by atoms with Crippen molar-refractivity contribution in [2.75, 3.05) is 11.9 Å². The second-order valence-electron chi connectivity index (χ2n) is 5.86. The van der Waals surface area contributed by atoms with Crippen LogP contribution in [0.2, 0.25) is 0 Å². The minimum absolute atomic E-state index is 0.264. The summed E-state index contributed by atoms with van der Waals surface area (Å²) in [4.78, 5) is 4.73. The Balaban J connectivity index is 2.86. The van der Waals surface area contributed by atoms with Gasteiger partial charge in [-0.15, -0.1) is 0 Å². The molecular weight excluding hydrogens is 242 g/mol. The second kappa shape index (κ2) is 5.65. The predicted molar refractivity (Wildman–Crippen MR) is 82.0 cm³/mol. The van der Waals surface area contributed by atoms with Gasteiger partial charge in [-0.3, -0.25) is 0 Å². The lowest BCUT2D eigenvalue weighted by atomic mass is 9.82. The van der Waals surface area contributed by atoms with Crippen molar-refractivity contribution < 1.29 is 0 Å². The fourth-order valence-electron chi connectivity index (χ4n) is 1.56. The van der Waals surface area contributed by atoms with Gasteiger partial charge in [-0.05, 0) is 29.9 Å². The summed E-state index contributed by atoms with van der Waals surface area (Å²) in [5.74, 6) is 1.32. The number of nitrogens with two attached hydrogens (primary N) is 1. The molecule has 0 spiro atoms. The van der Waals surface area contributed by atoms with Crippen LogP contribution in [0.5, 0.6) is 0 Å². The highest BCUT2D eigenvalue weighted by Gasteiger charge is 2.20. The van der Waals surface area contributed by atoms with E-state index in [2.05, 4.69) is 38.0 Å². The molecule has 100 valence electrons. The highest BCUT2D eigenvalue weighted by Crippen LogP contribution is 2.26. The molecule has 0 aromatic carbocycles. The Kier molecular flexibility index (Phi) is 4.68. The van der Waals surface area contributed by atoms with E-state index in [0.717, 1.165) is 23.5 Å². The van der Waals surface area contributed by atoms with E-state index in [0.29, 0.717) is 10.9 Å². The Bertz CT molecular complexity index is 435. The summed E-state index contributed by atoms with van der Waals surface area (Å²) in [7, 11) is 0. The Labute approximate surface area is 115 Å². The molecule has 4 heteroatoms. The van der Waals surface area contributed by atoms with Gasteiger partial charge in [0.05, 0.1) is 5.56 Å². The average molecular weight is 265 g/mol. The van der Waals surface area contributed by atoms with Crippen molar-refractivity contribution in [2.24, 2.45) is 17.1 Å². The van der Waals surface area contributed by atoms with E-state index in [1.165, 1.54) is 0 Å². The largest absolute Gasteiger partial charge is 0.389 e. The standard InChI is InChI=1S/C14H23N3S/c1-9-6-7-16-13(11(9)12(15)18)17-8-10(2)14(3,4)5/h6-7,10H,8H2,1-5H3,(H2,15,18)(H,16,17). The topological polar surface area (TPSA) is 50.9 Å². The van der Waals surface area contributed by atoms with Crippen LogP contribution in [0.15, 0.2) is 12.3 Å². The first kappa shape index (κ1) is 14.9. The lowest BCUT2D eigenvalue weighted by molar-refractivity contribution is 0.274. The number of pyridine rings is 1. The molecule has 0 bridgehead atoms. The summed E-state index contributed by atoms with van der Waals surface area (Å²) in [6.45, 7) is 11.8. The fraction of sp³-hybridized carbons (Fsp3) is 0.571. The van der Waals surface area contributed by atoms with Crippen LogP contribution in [0.3, 0.4) is 0 Å². The zero-order chi connectivity index (χ0) is 13.9. The minimum Gasteiger partial charge on any atom is -0.389 e. The average Bonchev–Trinajstić information content (AvgIpc) is 2.23. The summed E-state index contributed by atoms with van der Waals surface area (Å²) < 4.78 is 0. The lowest BCUT2D eigenvalue weighted by Gasteiger charge is -2.28. The molecule has 0 aliphatic carbocycles. The molecule has 0 aliphatic rings. The summed E-state index contributed by atoms with van der Waals surface area (Å²) in [5.41, 5.74) is 7.94. The van der Waals surface area contributed by atoms with Crippen molar-refractivity contribution in [3.63, 3.8) is 0 Å². The maximum Gasteiger partial charge on any atom is 0.136 e. The van der Waals surface area contributed by atoms with Gasteiger partial charge < -0.3 is 11.1 Å². The van der Waals surface area contributed by atoms with Crippen LogP contribution in [0.25, 0.3) is 0 Å². The number of aromatic nitrogens is 1. The Hall–Kier alpha value is -1.16. The number of hydrogen-bond acceptors (Lipinski definition) is 3. The molecule has 0 amide bonds. The molecule has 1 aromatic heterocycles. The van der Waals surface area contributed by atoms with E-state index in [4.69, 9.17) is 18.0 Å². The first-order valence-electron chi connectivity index (χ1n) is 6.22. The summed E-state index contributed by atoms with van der Waals surface area (Å²) in [6.07, 6.45) is 1.78. The van der Waals surface area contributed by atoms with Crippen molar-refractivity contribution in [1.29, 1.82) is 0 Å². The van der Waals surface area contributed by atoms with Crippen molar-refractivity contribution in [3.05, 3.63) is 23.4 Å². The minimum atomic E-state index is 0.264. The maximum atomic E-state index is 5.76. The number of aryl methyl sites for hydroxylation is 1. The van der Waals surface area contributed by atoms with Gasteiger partial charge in [0.25, 0.3) is 0 Å². The van der Waals surface area contributed by atoms with Crippen molar-refractivity contribution >= 4 is 23.0 Å². The quantitative estimate of drug-likeness (QED) is 0.821. The molecule has 3 N–H and O–H groups in total. The van der Waals surface area contributed by atoms with E-state index >= 15 is 0 Å². The third-order valence-electron chi connectivity index (χ3n) is 3.46. The first-order chi connectivity index (χ1) is 8.23. The van der Waals surface area contributed by atoms with E-state index in [-0.39, 0.29) is 5.41 Å². The number of anilines is 1.